The van der Waals surface area contributed by atoms with Gasteiger partial charge in [0.1, 0.15) is 11.2 Å². The van der Waals surface area contributed by atoms with Gasteiger partial charge in [-0.25, -0.2) is 15.0 Å². The summed E-state index contributed by atoms with van der Waals surface area (Å²) in [5.41, 5.74) is 11.3. The number of nitrogens with zero attached hydrogens (tertiary/aromatic N) is 3. The lowest BCUT2D eigenvalue weighted by atomic mass is 9.97. The van der Waals surface area contributed by atoms with Gasteiger partial charge in [-0.2, -0.15) is 0 Å². The number of benzene rings is 9. The summed E-state index contributed by atoms with van der Waals surface area (Å²) in [6.07, 6.45) is 0. The van der Waals surface area contributed by atoms with E-state index in [1.807, 2.05) is 18.2 Å². The van der Waals surface area contributed by atoms with E-state index in [1.54, 1.807) is 0 Å². The minimum atomic E-state index is 0.593. The number of rotatable bonds is 6. The first-order valence-electron chi connectivity index (χ1n) is 19.2. The summed E-state index contributed by atoms with van der Waals surface area (Å²) in [6, 6.07) is 70.0. The second kappa shape index (κ2) is 13.6. The van der Waals surface area contributed by atoms with Crippen LogP contribution in [0, 0.1) is 0 Å². The lowest BCUT2D eigenvalue weighted by Gasteiger charge is -2.11. The molecule has 0 atom stereocenters. The molecule has 266 valence electrons. The van der Waals surface area contributed by atoms with Gasteiger partial charge in [0.25, 0.3) is 0 Å². The number of furan rings is 1. The predicted octanol–water partition coefficient (Wildman–Crippen LogP) is 14.1. The van der Waals surface area contributed by atoms with E-state index in [2.05, 4.69) is 182 Å². The summed E-state index contributed by atoms with van der Waals surface area (Å²) < 4.78 is 6.56. The average Bonchev–Trinajstić information content (AvgIpc) is 3.67. The molecule has 0 N–H and O–H groups in total. The maximum atomic E-state index is 6.56. The summed E-state index contributed by atoms with van der Waals surface area (Å²) in [5.74, 6) is 1.82. The zero-order valence-electron chi connectivity index (χ0n) is 30.8. The third kappa shape index (κ3) is 5.92. The Labute approximate surface area is 329 Å². The van der Waals surface area contributed by atoms with Crippen molar-refractivity contribution in [3.8, 4) is 67.5 Å². The fraction of sp³-hybridized carbons (Fsp3) is 0. The second-order valence-corrected chi connectivity index (χ2v) is 14.4. The highest BCUT2D eigenvalue weighted by Gasteiger charge is 2.19. The monoisotopic (exact) mass is 727 g/mol. The minimum Gasteiger partial charge on any atom is -0.456 e. The molecule has 4 heteroatoms. The van der Waals surface area contributed by atoms with E-state index in [4.69, 9.17) is 19.4 Å². The number of aromatic nitrogens is 3. The van der Waals surface area contributed by atoms with Crippen LogP contribution in [0.5, 0.6) is 0 Å². The molecule has 0 radical (unpaired) electrons. The van der Waals surface area contributed by atoms with E-state index in [0.717, 1.165) is 60.7 Å². The maximum absolute atomic E-state index is 6.56. The van der Waals surface area contributed by atoms with Crippen molar-refractivity contribution >= 4 is 43.5 Å². The molecular formula is C53H33N3O. The Bertz CT molecular complexity index is 3270. The highest BCUT2D eigenvalue weighted by molar-refractivity contribution is 6.12. The summed E-state index contributed by atoms with van der Waals surface area (Å²) in [7, 11) is 0. The fourth-order valence-corrected chi connectivity index (χ4v) is 8.04. The summed E-state index contributed by atoms with van der Waals surface area (Å²) in [5, 5.41) is 6.73. The van der Waals surface area contributed by atoms with E-state index >= 15 is 0 Å². The van der Waals surface area contributed by atoms with Crippen molar-refractivity contribution in [2.24, 2.45) is 0 Å². The van der Waals surface area contributed by atoms with Crippen LogP contribution in [0.15, 0.2) is 205 Å². The molecular weight excluding hydrogens is 695 g/mol. The third-order valence-electron chi connectivity index (χ3n) is 11.0. The van der Waals surface area contributed by atoms with Crippen LogP contribution in [0.2, 0.25) is 0 Å². The Morgan fingerprint density at radius 2 is 0.842 bits per heavy atom. The molecule has 0 aliphatic heterocycles. The molecule has 0 amide bonds. The van der Waals surface area contributed by atoms with Gasteiger partial charge in [0.05, 0.1) is 0 Å². The van der Waals surface area contributed by atoms with Crippen LogP contribution in [0.3, 0.4) is 0 Å². The van der Waals surface area contributed by atoms with Crippen LogP contribution in [0.4, 0.5) is 0 Å². The molecule has 57 heavy (non-hydrogen) atoms. The summed E-state index contributed by atoms with van der Waals surface area (Å²) in [6.45, 7) is 0. The molecule has 4 nitrogen and oxygen atoms in total. The molecule has 2 aromatic heterocycles. The minimum absolute atomic E-state index is 0.593. The molecule has 11 aromatic rings. The number of fused-ring (bicyclic) bond motifs is 5. The van der Waals surface area contributed by atoms with Gasteiger partial charge in [0.2, 0.25) is 0 Å². The van der Waals surface area contributed by atoms with Gasteiger partial charge in [-0.3, -0.25) is 0 Å². The van der Waals surface area contributed by atoms with Crippen molar-refractivity contribution in [3.63, 3.8) is 0 Å². The van der Waals surface area contributed by atoms with Gasteiger partial charge in [-0.15, -0.1) is 0 Å². The van der Waals surface area contributed by atoms with Gasteiger partial charge < -0.3 is 4.42 Å². The van der Waals surface area contributed by atoms with Crippen molar-refractivity contribution in [2.45, 2.75) is 0 Å². The topological polar surface area (TPSA) is 51.8 Å². The third-order valence-corrected chi connectivity index (χ3v) is 11.0. The van der Waals surface area contributed by atoms with Crippen LogP contribution in [0.1, 0.15) is 0 Å². The lowest BCUT2D eigenvalue weighted by Crippen LogP contribution is -2.00. The molecule has 0 spiro atoms. The molecule has 0 aliphatic rings. The van der Waals surface area contributed by atoms with E-state index in [-0.39, 0.29) is 0 Å². The van der Waals surface area contributed by atoms with Crippen LogP contribution >= 0.6 is 0 Å². The van der Waals surface area contributed by atoms with Crippen LogP contribution in [-0.4, -0.2) is 15.0 Å². The Morgan fingerprint density at radius 1 is 0.281 bits per heavy atom. The first kappa shape index (κ1) is 32.7. The van der Waals surface area contributed by atoms with Crippen molar-refractivity contribution in [1.82, 2.24) is 15.0 Å². The number of hydrogen-bond acceptors (Lipinski definition) is 4. The molecule has 0 saturated carbocycles. The fourth-order valence-electron chi connectivity index (χ4n) is 8.04. The standard InChI is InChI=1S/C53H33N3O/c1-2-10-34(11-3-1)36-20-22-37(23-21-36)42-30-31-46-49(33-42)57-48-19-9-18-47(50(46)48)53-55-51(54-52(56-53)43-29-24-35-12-4-5-14-41(35)32-43)40-27-25-39(26-28-40)45-17-8-15-38-13-6-7-16-44(38)45/h1-33H. The molecule has 9 aromatic carbocycles. The van der Waals surface area contributed by atoms with Crippen molar-refractivity contribution < 1.29 is 4.42 Å². The molecule has 0 fully saturated rings. The lowest BCUT2D eigenvalue weighted by molar-refractivity contribution is 0.669. The highest BCUT2D eigenvalue weighted by Crippen LogP contribution is 2.39. The molecule has 0 bridgehead atoms. The van der Waals surface area contributed by atoms with E-state index in [9.17, 15) is 0 Å². The smallest absolute Gasteiger partial charge is 0.164 e. The average molecular weight is 728 g/mol. The quantitative estimate of drug-likeness (QED) is 0.171. The van der Waals surface area contributed by atoms with Crippen LogP contribution < -0.4 is 0 Å². The SMILES string of the molecule is c1ccc(-c2ccc(-c3ccc4c(c3)oc3cccc(-c5nc(-c6ccc(-c7cccc8ccccc78)cc6)nc(-c6ccc7ccccc7c6)n5)c34)cc2)cc1. The summed E-state index contributed by atoms with van der Waals surface area (Å²) >= 11 is 0. The van der Waals surface area contributed by atoms with Gasteiger partial charge in [-0.1, -0.05) is 176 Å². The van der Waals surface area contributed by atoms with Crippen molar-refractivity contribution in [1.29, 1.82) is 0 Å². The van der Waals surface area contributed by atoms with Gasteiger partial charge in [0.15, 0.2) is 17.5 Å². The zero-order chi connectivity index (χ0) is 37.7. The molecule has 0 unspecified atom stereocenters. The maximum Gasteiger partial charge on any atom is 0.164 e. The zero-order valence-corrected chi connectivity index (χ0v) is 30.8. The number of hydrogen-bond donors (Lipinski definition) is 0. The Hall–Kier alpha value is -7.69. The molecule has 11 rings (SSSR count). The second-order valence-electron chi connectivity index (χ2n) is 14.4. The molecule has 0 aliphatic carbocycles. The highest BCUT2D eigenvalue weighted by atomic mass is 16.3. The van der Waals surface area contributed by atoms with Crippen LogP contribution in [0.25, 0.3) is 111 Å². The van der Waals surface area contributed by atoms with Gasteiger partial charge >= 0.3 is 0 Å². The first-order valence-corrected chi connectivity index (χ1v) is 19.2. The van der Waals surface area contributed by atoms with E-state index in [1.165, 1.54) is 32.8 Å². The van der Waals surface area contributed by atoms with Crippen LogP contribution in [-0.2, 0) is 0 Å². The van der Waals surface area contributed by atoms with Crippen molar-refractivity contribution in [2.75, 3.05) is 0 Å². The largest absolute Gasteiger partial charge is 0.456 e. The molecule has 0 saturated heterocycles. The normalized spacial score (nSPS) is 11.5. The Morgan fingerprint density at radius 3 is 1.67 bits per heavy atom. The van der Waals surface area contributed by atoms with E-state index < -0.39 is 0 Å². The van der Waals surface area contributed by atoms with E-state index in [0.29, 0.717) is 17.5 Å². The van der Waals surface area contributed by atoms with Gasteiger partial charge in [0, 0.05) is 27.5 Å². The van der Waals surface area contributed by atoms with Crippen molar-refractivity contribution in [3.05, 3.63) is 200 Å². The van der Waals surface area contributed by atoms with Gasteiger partial charge in [-0.05, 0) is 79.2 Å². The Kier molecular flexibility index (Phi) is 7.78. The summed E-state index contributed by atoms with van der Waals surface area (Å²) in [4.78, 5) is 15.5. The molecule has 2 heterocycles. The Balaban J connectivity index is 1.03. The predicted molar refractivity (Wildman–Crippen MR) is 235 cm³/mol. The first-order chi connectivity index (χ1) is 28.2.